The lowest BCUT2D eigenvalue weighted by Gasteiger charge is -2.18. The lowest BCUT2D eigenvalue weighted by Crippen LogP contribution is -2.30. The molecule has 0 unspecified atom stereocenters. The Labute approximate surface area is 139 Å². The molecule has 5 heteroatoms. The van der Waals surface area contributed by atoms with E-state index >= 15 is 0 Å². The van der Waals surface area contributed by atoms with Crippen LogP contribution in [0.3, 0.4) is 0 Å². The van der Waals surface area contributed by atoms with Crippen molar-refractivity contribution in [2.75, 3.05) is 9.62 Å². The third-order valence-electron chi connectivity index (χ3n) is 4.04. The maximum atomic E-state index is 4.54. The summed E-state index contributed by atoms with van der Waals surface area (Å²) in [5.41, 5.74) is 2.50. The van der Waals surface area contributed by atoms with E-state index < -0.39 is 0 Å². The SMILES string of the molecule is CC(C)c1ccc(N2[B]N(c3ccc(C(C)C)cn3)C=C2)nc1. The number of hydrogen-bond donors (Lipinski definition) is 0. The van der Waals surface area contributed by atoms with Crippen LogP contribution >= 0.6 is 0 Å². The molecule has 2 aromatic rings. The van der Waals surface area contributed by atoms with Crippen molar-refractivity contribution in [3.8, 4) is 0 Å². The summed E-state index contributed by atoms with van der Waals surface area (Å²) in [7, 11) is 1.99. The van der Waals surface area contributed by atoms with Crippen LogP contribution < -0.4 is 9.62 Å². The molecule has 0 bridgehead atoms. The zero-order chi connectivity index (χ0) is 16.4. The Kier molecular flexibility index (Phi) is 4.37. The summed E-state index contributed by atoms with van der Waals surface area (Å²) in [5, 5.41) is 0. The standard InChI is InChI=1S/C18H22BN4/c1-13(2)15-5-7-17(20-11-15)22-9-10-23(19-22)18-8-6-16(12-21-18)14(3)4/h5-14H,1-4H3. The monoisotopic (exact) mass is 305 g/mol. The van der Waals surface area contributed by atoms with Gasteiger partial charge in [0.25, 0.3) is 0 Å². The molecular weight excluding hydrogens is 283 g/mol. The molecule has 0 fully saturated rings. The highest BCUT2D eigenvalue weighted by atomic mass is 15.3. The molecule has 0 atom stereocenters. The Morgan fingerprint density at radius 1 is 0.739 bits per heavy atom. The minimum Gasteiger partial charge on any atom is -0.358 e. The van der Waals surface area contributed by atoms with Crippen LogP contribution in [-0.4, -0.2) is 17.5 Å². The predicted molar refractivity (Wildman–Crippen MR) is 96.5 cm³/mol. The van der Waals surface area contributed by atoms with Crippen molar-refractivity contribution in [2.24, 2.45) is 0 Å². The first-order valence-electron chi connectivity index (χ1n) is 8.06. The molecule has 1 aliphatic heterocycles. The van der Waals surface area contributed by atoms with Crippen LogP contribution in [0.25, 0.3) is 0 Å². The first-order valence-corrected chi connectivity index (χ1v) is 8.06. The highest BCUT2D eigenvalue weighted by molar-refractivity contribution is 6.49. The van der Waals surface area contributed by atoms with Gasteiger partial charge in [-0.25, -0.2) is 9.97 Å². The van der Waals surface area contributed by atoms with Crippen LogP contribution in [-0.2, 0) is 0 Å². The first kappa shape index (κ1) is 15.6. The number of aromatic nitrogens is 2. The van der Waals surface area contributed by atoms with Crippen molar-refractivity contribution in [1.82, 2.24) is 9.97 Å². The molecule has 0 aromatic carbocycles. The van der Waals surface area contributed by atoms with E-state index in [1.165, 1.54) is 11.1 Å². The molecule has 1 radical (unpaired) electrons. The number of pyridine rings is 2. The van der Waals surface area contributed by atoms with Gasteiger partial charge >= 0.3 is 7.55 Å². The fourth-order valence-corrected chi connectivity index (χ4v) is 2.41. The number of nitrogens with zero attached hydrogens (tertiary/aromatic N) is 4. The molecule has 1 aliphatic rings. The zero-order valence-corrected chi connectivity index (χ0v) is 14.1. The third kappa shape index (κ3) is 3.39. The van der Waals surface area contributed by atoms with Gasteiger partial charge in [0.05, 0.1) is 0 Å². The molecule has 0 saturated heterocycles. The molecule has 4 nitrogen and oxygen atoms in total. The van der Waals surface area contributed by atoms with Crippen LogP contribution in [0, 0.1) is 0 Å². The average molecular weight is 305 g/mol. The van der Waals surface area contributed by atoms with Crippen LogP contribution in [0.1, 0.15) is 50.7 Å². The minimum atomic E-state index is 0.495. The lowest BCUT2D eigenvalue weighted by atomic mass is 10.0. The van der Waals surface area contributed by atoms with E-state index in [9.17, 15) is 0 Å². The molecule has 0 spiro atoms. The quantitative estimate of drug-likeness (QED) is 0.798. The normalized spacial score (nSPS) is 14.0. The zero-order valence-electron chi connectivity index (χ0n) is 14.1. The van der Waals surface area contributed by atoms with Crippen molar-refractivity contribution in [1.29, 1.82) is 0 Å². The van der Waals surface area contributed by atoms with Gasteiger partial charge in [-0.2, -0.15) is 0 Å². The fourth-order valence-electron chi connectivity index (χ4n) is 2.41. The van der Waals surface area contributed by atoms with Crippen molar-refractivity contribution < 1.29 is 0 Å². The van der Waals surface area contributed by atoms with E-state index in [4.69, 9.17) is 0 Å². The minimum absolute atomic E-state index is 0.495. The van der Waals surface area contributed by atoms with E-state index in [0.717, 1.165) is 11.6 Å². The average Bonchev–Trinajstić information content (AvgIpc) is 3.05. The summed E-state index contributed by atoms with van der Waals surface area (Å²) in [6.45, 7) is 8.69. The van der Waals surface area contributed by atoms with Gasteiger partial charge in [-0.05, 0) is 35.1 Å². The molecule has 3 heterocycles. The molecule has 0 N–H and O–H groups in total. The molecule has 117 valence electrons. The van der Waals surface area contributed by atoms with Gasteiger partial charge in [-0.3, -0.25) is 0 Å². The largest absolute Gasteiger partial charge is 0.402 e. The summed E-state index contributed by atoms with van der Waals surface area (Å²) >= 11 is 0. The molecule has 0 saturated carbocycles. The second kappa shape index (κ2) is 6.45. The van der Waals surface area contributed by atoms with Crippen molar-refractivity contribution in [3.63, 3.8) is 0 Å². The molecule has 0 aliphatic carbocycles. The number of hydrogen-bond acceptors (Lipinski definition) is 4. The smallest absolute Gasteiger partial charge is 0.358 e. The summed E-state index contributed by atoms with van der Waals surface area (Å²) in [6, 6.07) is 8.37. The van der Waals surface area contributed by atoms with Gasteiger partial charge in [0.1, 0.15) is 11.6 Å². The Balaban J connectivity index is 1.70. The predicted octanol–water partition coefficient (Wildman–Crippen LogP) is 4.06. The molecule has 0 amide bonds. The van der Waals surface area contributed by atoms with E-state index in [0.29, 0.717) is 11.8 Å². The summed E-state index contributed by atoms with van der Waals surface area (Å²) in [6.07, 6.45) is 7.88. The highest BCUT2D eigenvalue weighted by Crippen LogP contribution is 2.23. The third-order valence-corrected chi connectivity index (χ3v) is 4.04. The maximum Gasteiger partial charge on any atom is 0.402 e. The summed E-state index contributed by atoms with van der Waals surface area (Å²) in [4.78, 5) is 13.1. The van der Waals surface area contributed by atoms with Gasteiger partial charge in [0.15, 0.2) is 0 Å². The molecule has 2 aromatic heterocycles. The Bertz CT molecular complexity index is 618. The fraction of sp³-hybridized carbons (Fsp3) is 0.333. The maximum absolute atomic E-state index is 4.54. The molecule has 3 rings (SSSR count). The Morgan fingerprint density at radius 3 is 1.48 bits per heavy atom. The van der Waals surface area contributed by atoms with Crippen LogP contribution in [0.4, 0.5) is 11.6 Å². The molecular formula is C18H22BN4. The van der Waals surface area contributed by atoms with Crippen molar-refractivity contribution in [2.45, 2.75) is 39.5 Å². The summed E-state index contributed by atoms with van der Waals surface area (Å²) in [5.74, 6) is 2.81. The number of rotatable bonds is 4. The van der Waals surface area contributed by atoms with Gasteiger partial charge in [0.2, 0.25) is 0 Å². The van der Waals surface area contributed by atoms with E-state index in [2.05, 4.69) is 61.9 Å². The summed E-state index contributed by atoms with van der Waals surface area (Å²) < 4.78 is 0. The van der Waals surface area contributed by atoms with Crippen LogP contribution in [0.2, 0.25) is 0 Å². The van der Waals surface area contributed by atoms with Gasteiger partial charge in [-0.1, -0.05) is 39.8 Å². The highest BCUT2D eigenvalue weighted by Gasteiger charge is 2.20. The second-order valence-corrected chi connectivity index (χ2v) is 6.44. The molecule has 23 heavy (non-hydrogen) atoms. The van der Waals surface area contributed by atoms with Gasteiger partial charge in [-0.15, -0.1) is 0 Å². The first-order chi connectivity index (χ1) is 11.0. The topological polar surface area (TPSA) is 32.3 Å². The Hall–Kier alpha value is -2.30. The van der Waals surface area contributed by atoms with Crippen LogP contribution in [0.5, 0.6) is 0 Å². The van der Waals surface area contributed by atoms with E-state index in [1.807, 2.05) is 42.0 Å². The Morgan fingerprint density at radius 2 is 1.17 bits per heavy atom. The van der Waals surface area contributed by atoms with Crippen molar-refractivity contribution >= 4 is 19.2 Å². The number of anilines is 2. The van der Waals surface area contributed by atoms with Gasteiger partial charge in [0, 0.05) is 24.8 Å². The lowest BCUT2D eigenvalue weighted by molar-refractivity contribution is 0.858. The second-order valence-electron chi connectivity index (χ2n) is 6.44. The van der Waals surface area contributed by atoms with Crippen LogP contribution in [0.15, 0.2) is 49.1 Å². The van der Waals surface area contributed by atoms with E-state index in [-0.39, 0.29) is 0 Å². The van der Waals surface area contributed by atoms with E-state index in [1.54, 1.807) is 0 Å². The van der Waals surface area contributed by atoms with Gasteiger partial charge < -0.3 is 9.62 Å². The van der Waals surface area contributed by atoms with Crippen molar-refractivity contribution in [3.05, 3.63) is 60.2 Å².